The number of carbonyl (C=O) groups is 1. The van der Waals surface area contributed by atoms with Gasteiger partial charge in [-0.1, -0.05) is 18.2 Å². The fourth-order valence-electron chi connectivity index (χ4n) is 2.98. The van der Waals surface area contributed by atoms with Crippen LogP contribution >= 0.6 is 0 Å². The first-order valence-corrected chi connectivity index (χ1v) is 8.54. The number of β-amino-alcohol motifs (C(OH)–C–C–N with tert-alkyl or cyclic N) is 1. The lowest BCUT2D eigenvalue weighted by molar-refractivity contribution is -0.0345. The van der Waals surface area contributed by atoms with Gasteiger partial charge in [0.05, 0.1) is 19.8 Å². The summed E-state index contributed by atoms with van der Waals surface area (Å²) in [5.74, 6) is -0.116. The summed E-state index contributed by atoms with van der Waals surface area (Å²) in [5.41, 5.74) is 0.0617. The Morgan fingerprint density at radius 2 is 2.19 bits per heavy atom. The second kappa shape index (κ2) is 8.27. The van der Waals surface area contributed by atoms with Gasteiger partial charge in [-0.3, -0.25) is 14.7 Å². The van der Waals surface area contributed by atoms with E-state index in [2.05, 4.69) is 15.2 Å². The molecule has 0 unspecified atom stereocenters. The van der Waals surface area contributed by atoms with E-state index in [1.54, 1.807) is 42.6 Å². The molecule has 1 atom stereocenters. The second-order valence-corrected chi connectivity index (χ2v) is 6.56. The molecule has 3 rings (SSSR count). The number of carbonyl (C=O) groups excluding carboxylic acids is 1. The third-order valence-electron chi connectivity index (χ3n) is 4.23. The number of nitrogens with zero attached hydrogens (tertiary/aromatic N) is 2. The van der Waals surface area contributed by atoms with Crippen molar-refractivity contribution in [1.82, 2.24) is 15.2 Å². The van der Waals surface area contributed by atoms with Gasteiger partial charge >= 0.3 is 0 Å². The maximum atomic E-state index is 12.2. The van der Waals surface area contributed by atoms with Gasteiger partial charge in [0.25, 0.3) is 5.91 Å². The summed E-state index contributed by atoms with van der Waals surface area (Å²) in [7, 11) is 0. The standard InChI is InChI=1S/C19H23N3O4/c23-16-5-3-4-15(10-16)11-22-8-9-26-14-19(25,13-22)12-21-18(24)17-6-1-2-7-20-17/h1-7,10,23,25H,8-9,11-14H2,(H,21,24)/t19-/m1/s1. The topological polar surface area (TPSA) is 94.9 Å². The van der Waals surface area contributed by atoms with E-state index in [0.717, 1.165) is 5.56 Å². The Bertz CT molecular complexity index is 741. The Kier molecular flexibility index (Phi) is 5.82. The Labute approximate surface area is 152 Å². The largest absolute Gasteiger partial charge is 0.508 e. The molecule has 0 saturated carbocycles. The van der Waals surface area contributed by atoms with E-state index in [4.69, 9.17) is 4.74 Å². The Balaban J connectivity index is 1.61. The number of pyridine rings is 1. The third-order valence-corrected chi connectivity index (χ3v) is 4.23. The van der Waals surface area contributed by atoms with Crippen LogP contribution in [0.25, 0.3) is 0 Å². The molecule has 138 valence electrons. The summed E-state index contributed by atoms with van der Waals surface area (Å²) >= 11 is 0. The number of amides is 1. The number of phenolic OH excluding ortho intramolecular Hbond substituents is 1. The van der Waals surface area contributed by atoms with Crippen molar-refractivity contribution in [3.8, 4) is 5.75 Å². The predicted octanol–water partition coefficient (Wildman–Crippen LogP) is 0.780. The van der Waals surface area contributed by atoms with E-state index in [-0.39, 0.29) is 24.8 Å². The number of aromatic nitrogens is 1. The van der Waals surface area contributed by atoms with Gasteiger partial charge in [-0.2, -0.15) is 0 Å². The van der Waals surface area contributed by atoms with Crippen molar-refractivity contribution in [2.75, 3.05) is 32.8 Å². The summed E-state index contributed by atoms with van der Waals surface area (Å²) in [5, 5.41) is 23.2. The number of hydrogen-bond acceptors (Lipinski definition) is 6. The summed E-state index contributed by atoms with van der Waals surface area (Å²) in [6, 6.07) is 12.1. The summed E-state index contributed by atoms with van der Waals surface area (Å²) in [6.45, 7) is 2.30. The zero-order valence-electron chi connectivity index (χ0n) is 14.5. The summed E-state index contributed by atoms with van der Waals surface area (Å²) < 4.78 is 5.53. The van der Waals surface area contributed by atoms with Crippen molar-refractivity contribution in [2.24, 2.45) is 0 Å². The highest BCUT2D eigenvalue weighted by molar-refractivity contribution is 5.92. The highest BCUT2D eigenvalue weighted by Crippen LogP contribution is 2.17. The van der Waals surface area contributed by atoms with Gasteiger partial charge < -0.3 is 20.3 Å². The van der Waals surface area contributed by atoms with Crippen molar-refractivity contribution >= 4 is 5.91 Å². The number of hydrogen-bond donors (Lipinski definition) is 3. The lowest BCUT2D eigenvalue weighted by Gasteiger charge is -2.31. The Morgan fingerprint density at radius 3 is 2.96 bits per heavy atom. The molecular weight excluding hydrogens is 334 g/mol. The molecule has 0 bridgehead atoms. The van der Waals surface area contributed by atoms with Crippen LogP contribution in [0.5, 0.6) is 5.75 Å². The molecule has 3 N–H and O–H groups in total. The van der Waals surface area contributed by atoms with E-state index in [1.807, 2.05) is 6.07 Å². The molecule has 1 saturated heterocycles. The number of benzene rings is 1. The van der Waals surface area contributed by atoms with E-state index in [1.165, 1.54) is 0 Å². The number of nitrogens with one attached hydrogen (secondary N) is 1. The van der Waals surface area contributed by atoms with Gasteiger partial charge in [-0.15, -0.1) is 0 Å². The lowest BCUT2D eigenvalue weighted by atomic mass is 10.0. The Hall–Kier alpha value is -2.48. The molecule has 7 nitrogen and oxygen atoms in total. The van der Waals surface area contributed by atoms with Crippen LogP contribution in [0.1, 0.15) is 16.1 Å². The molecular formula is C19H23N3O4. The van der Waals surface area contributed by atoms with Crippen molar-refractivity contribution in [3.05, 3.63) is 59.9 Å². The van der Waals surface area contributed by atoms with Gasteiger partial charge in [0, 0.05) is 25.8 Å². The molecule has 1 fully saturated rings. The van der Waals surface area contributed by atoms with Crippen LogP contribution in [0, 0.1) is 0 Å². The van der Waals surface area contributed by atoms with E-state index in [0.29, 0.717) is 31.9 Å². The van der Waals surface area contributed by atoms with Gasteiger partial charge in [0.1, 0.15) is 17.0 Å². The van der Waals surface area contributed by atoms with E-state index < -0.39 is 5.60 Å². The van der Waals surface area contributed by atoms with E-state index in [9.17, 15) is 15.0 Å². The van der Waals surface area contributed by atoms with Crippen molar-refractivity contribution < 1.29 is 19.7 Å². The minimum atomic E-state index is -1.20. The lowest BCUT2D eigenvalue weighted by Crippen LogP contribution is -2.52. The highest BCUT2D eigenvalue weighted by Gasteiger charge is 2.33. The van der Waals surface area contributed by atoms with Crippen LogP contribution in [-0.2, 0) is 11.3 Å². The zero-order valence-corrected chi connectivity index (χ0v) is 14.5. The maximum Gasteiger partial charge on any atom is 0.269 e. The number of phenols is 1. The molecule has 7 heteroatoms. The molecule has 1 aliphatic heterocycles. The smallest absolute Gasteiger partial charge is 0.269 e. The van der Waals surface area contributed by atoms with Gasteiger partial charge in [0.2, 0.25) is 0 Å². The molecule has 1 amide bonds. The quantitative estimate of drug-likeness (QED) is 0.732. The fourth-order valence-corrected chi connectivity index (χ4v) is 2.98. The first-order chi connectivity index (χ1) is 12.5. The SMILES string of the molecule is O=C(NC[C@]1(O)COCCN(Cc2cccc(O)c2)C1)c1ccccn1. The summed E-state index contributed by atoms with van der Waals surface area (Å²) in [6.07, 6.45) is 1.55. The van der Waals surface area contributed by atoms with Crippen LogP contribution in [0.4, 0.5) is 0 Å². The van der Waals surface area contributed by atoms with Gasteiger partial charge in [-0.05, 0) is 29.8 Å². The molecule has 1 aliphatic rings. The molecule has 26 heavy (non-hydrogen) atoms. The maximum absolute atomic E-state index is 12.2. The molecule has 0 aliphatic carbocycles. The van der Waals surface area contributed by atoms with Crippen LogP contribution < -0.4 is 5.32 Å². The predicted molar refractivity (Wildman–Crippen MR) is 95.7 cm³/mol. The van der Waals surface area contributed by atoms with Crippen LogP contribution in [0.15, 0.2) is 48.7 Å². The second-order valence-electron chi connectivity index (χ2n) is 6.56. The van der Waals surface area contributed by atoms with Crippen molar-refractivity contribution in [3.63, 3.8) is 0 Å². The molecule has 0 spiro atoms. The van der Waals surface area contributed by atoms with Gasteiger partial charge in [-0.25, -0.2) is 0 Å². The zero-order chi connectivity index (χ0) is 18.4. The first-order valence-electron chi connectivity index (χ1n) is 8.54. The molecule has 1 aromatic heterocycles. The fraction of sp³-hybridized carbons (Fsp3) is 0.368. The molecule has 2 heterocycles. The van der Waals surface area contributed by atoms with Crippen LogP contribution in [0.2, 0.25) is 0 Å². The number of aromatic hydroxyl groups is 1. The average molecular weight is 357 g/mol. The van der Waals surface area contributed by atoms with Gasteiger partial charge in [0.15, 0.2) is 0 Å². The molecule has 0 radical (unpaired) electrons. The number of aliphatic hydroxyl groups is 1. The van der Waals surface area contributed by atoms with Crippen LogP contribution in [-0.4, -0.2) is 64.5 Å². The molecule has 2 aromatic rings. The van der Waals surface area contributed by atoms with Crippen LogP contribution in [0.3, 0.4) is 0 Å². The van der Waals surface area contributed by atoms with Crippen molar-refractivity contribution in [2.45, 2.75) is 12.1 Å². The monoisotopic (exact) mass is 357 g/mol. The first kappa shape index (κ1) is 18.3. The third kappa shape index (κ3) is 5.01. The number of rotatable bonds is 5. The summed E-state index contributed by atoms with van der Waals surface area (Å²) in [4.78, 5) is 18.2. The Morgan fingerprint density at radius 1 is 1.31 bits per heavy atom. The van der Waals surface area contributed by atoms with Crippen molar-refractivity contribution in [1.29, 1.82) is 0 Å². The van der Waals surface area contributed by atoms with E-state index >= 15 is 0 Å². The highest BCUT2D eigenvalue weighted by atomic mass is 16.5. The normalized spacial score (nSPS) is 21.1. The number of ether oxygens (including phenoxy) is 1. The molecule has 1 aromatic carbocycles. The minimum absolute atomic E-state index is 0.0684. The average Bonchev–Trinajstić information content (AvgIpc) is 2.82. The minimum Gasteiger partial charge on any atom is -0.508 e.